The van der Waals surface area contributed by atoms with Crippen molar-refractivity contribution >= 4 is 52.2 Å². The van der Waals surface area contributed by atoms with Gasteiger partial charge in [0.2, 0.25) is 23.6 Å². The number of likely N-dealkylation sites (tertiary alicyclic amines) is 1. The molecule has 7 rings (SSSR count). The first kappa shape index (κ1) is 52.4. The Bertz CT molecular complexity index is 2820. The van der Waals surface area contributed by atoms with Crippen molar-refractivity contribution in [1.29, 1.82) is 5.26 Å². The quantitative estimate of drug-likeness (QED) is 0.0749. The summed E-state index contributed by atoms with van der Waals surface area (Å²) in [6, 6.07) is 22.3. The maximum Gasteiger partial charge on any atom is 0.246 e. The molecule has 3 aromatic carbocycles. The van der Waals surface area contributed by atoms with Crippen molar-refractivity contribution in [2.45, 2.75) is 118 Å². The van der Waals surface area contributed by atoms with Crippen LogP contribution < -0.4 is 20.1 Å². The molecule has 5 aromatic rings. The summed E-state index contributed by atoms with van der Waals surface area (Å²) in [5.41, 5.74) is 4.39. The SMILES string of the molecule is Cc1ncsc1-c1ccc([C@H](C)NC(=O)[C@@H]2C[C@@H](O)CN2C(=O)[C@@H](NC(=O)CCC(=O)c2ccc(Oc3ccc(C(=O)CC4C(C)(C)C(Oc5ccc(C#N)c(Cl)c5)C4(C)C)cn3)cc2)C(C)(C)C)cc1. The number of aliphatic hydroxyl groups is 1. The zero-order chi connectivity index (χ0) is 51.6. The minimum absolute atomic E-state index is 0.00717. The highest BCUT2D eigenvalue weighted by atomic mass is 35.5. The topological polar surface area (TPSA) is 201 Å². The lowest BCUT2D eigenvalue weighted by molar-refractivity contribution is -0.196. The predicted octanol–water partition coefficient (Wildman–Crippen LogP) is 9.87. The Balaban J connectivity index is 0.884. The van der Waals surface area contributed by atoms with E-state index in [1.807, 2.05) is 38.1 Å². The maximum absolute atomic E-state index is 14.2. The van der Waals surface area contributed by atoms with Gasteiger partial charge in [0, 0.05) is 72.5 Å². The van der Waals surface area contributed by atoms with Gasteiger partial charge < -0.3 is 30.1 Å². The number of ketones is 2. The number of halogens is 1. The number of aliphatic hydroxyl groups excluding tert-OH is 1. The number of nitriles is 1. The molecule has 2 aromatic heterocycles. The van der Waals surface area contributed by atoms with Crippen molar-refractivity contribution in [3.05, 3.63) is 124 Å². The Morgan fingerprint density at radius 2 is 1.56 bits per heavy atom. The second kappa shape index (κ2) is 21.1. The number of aromatic nitrogens is 2. The summed E-state index contributed by atoms with van der Waals surface area (Å²) in [6.07, 6.45) is 0.400. The summed E-state index contributed by atoms with van der Waals surface area (Å²) < 4.78 is 12.3. The van der Waals surface area contributed by atoms with Crippen LogP contribution in [0.1, 0.15) is 125 Å². The van der Waals surface area contributed by atoms with Gasteiger partial charge in [-0.15, -0.1) is 11.3 Å². The molecule has 3 N–H and O–H groups in total. The minimum atomic E-state index is -1.04. The van der Waals surface area contributed by atoms with E-state index in [-0.39, 0.29) is 72.1 Å². The Hall–Kier alpha value is -6.47. The van der Waals surface area contributed by atoms with E-state index in [9.17, 15) is 34.3 Å². The molecule has 1 saturated heterocycles. The third kappa shape index (κ3) is 11.7. The van der Waals surface area contributed by atoms with Crippen molar-refractivity contribution in [1.82, 2.24) is 25.5 Å². The molecule has 3 amide bonds. The molecule has 372 valence electrons. The van der Waals surface area contributed by atoms with Gasteiger partial charge in [0.05, 0.1) is 38.8 Å². The number of pyridine rings is 1. The number of nitrogens with zero attached hydrogens (tertiary/aromatic N) is 4. The number of carbonyl (C=O) groups is 5. The van der Waals surface area contributed by atoms with E-state index in [0.717, 1.165) is 21.7 Å². The number of aryl methyl sites for hydroxylation is 1. The van der Waals surface area contributed by atoms with Gasteiger partial charge in [-0.25, -0.2) is 9.97 Å². The third-order valence-corrected chi connectivity index (χ3v) is 15.2. The van der Waals surface area contributed by atoms with Gasteiger partial charge in [-0.1, -0.05) is 84.3 Å². The van der Waals surface area contributed by atoms with E-state index in [1.54, 1.807) is 92.2 Å². The van der Waals surface area contributed by atoms with Gasteiger partial charge in [0.15, 0.2) is 11.6 Å². The molecule has 14 nitrogen and oxygen atoms in total. The summed E-state index contributed by atoms with van der Waals surface area (Å²) in [5, 5.41) is 26.1. The molecule has 16 heteroatoms. The number of Topliss-reactive ketones (excluding diaryl/α,β-unsaturated/α-hetero) is 2. The molecule has 1 aliphatic carbocycles. The Labute approximate surface area is 424 Å². The lowest BCUT2D eigenvalue weighted by Gasteiger charge is -2.63. The van der Waals surface area contributed by atoms with Gasteiger partial charge >= 0.3 is 0 Å². The Morgan fingerprint density at radius 1 is 0.901 bits per heavy atom. The van der Waals surface area contributed by atoms with Gasteiger partial charge in [-0.2, -0.15) is 5.26 Å². The Kier molecular flexibility index (Phi) is 15.6. The number of thiazole rings is 1. The van der Waals surface area contributed by atoms with Crippen LogP contribution in [0.15, 0.2) is 90.6 Å². The van der Waals surface area contributed by atoms with Crippen molar-refractivity contribution in [2.75, 3.05) is 6.54 Å². The number of β-amino-alcohol motifs (C(OH)–C–C–N with tert-alkyl or cyclic N) is 1. The highest BCUT2D eigenvalue weighted by Crippen LogP contribution is 2.62. The first-order chi connectivity index (χ1) is 33.5. The van der Waals surface area contributed by atoms with E-state index in [1.165, 1.54) is 11.1 Å². The average Bonchev–Trinajstić information content (AvgIpc) is 3.95. The molecular weight excluding hydrogens is 940 g/mol. The monoisotopic (exact) mass is 1000 g/mol. The zero-order valence-corrected chi connectivity index (χ0v) is 43.1. The molecule has 2 aliphatic rings. The second-order valence-electron chi connectivity index (χ2n) is 20.9. The van der Waals surface area contributed by atoms with Gasteiger partial charge in [0.25, 0.3) is 0 Å². The van der Waals surface area contributed by atoms with Crippen LogP contribution in [0.5, 0.6) is 17.4 Å². The first-order valence-electron chi connectivity index (χ1n) is 23.7. The largest absolute Gasteiger partial charge is 0.489 e. The van der Waals surface area contributed by atoms with Crippen LogP contribution >= 0.6 is 22.9 Å². The van der Waals surface area contributed by atoms with E-state index >= 15 is 0 Å². The number of carbonyl (C=O) groups excluding carboxylic acids is 5. The van der Waals surface area contributed by atoms with Gasteiger partial charge in [-0.05, 0) is 78.8 Å². The fourth-order valence-corrected chi connectivity index (χ4v) is 11.2. The number of hydrogen-bond donors (Lipinski definition) is 3. The highest BCUT2D eigenvalue weighted by molar-refractivity contribution is 7.13. The summed E-state index contributed by atoms with van der Waals surface area (Å²) in [5.74, 6) is -0.505. The fraction of sp³-hybridized carbons (Fsp3) is 0.418. The molecule has 0 spiro atoms. The summed E-state index contributed by atoms with van der Waals surface area (Å²) >= 11 is 7.81. The standard InChI is InChI=1S/C55H61ClN6O8S/c1-31(33-10-12-35(13-11-33)48-32(2)59-30-71-48)60-50(67)42-24-38(63)29-62(42)51(68)49(53(3,4)5)61-46(66)22-21-43(64)34-14-18-39(19-15-34)69-47-23-17-37(28-58-47)44(65)26-45-54(6,7)52(55(45,8)9)70-40-20-16-36(27-57)41(56)25-40/h10-20,23,25,28,30-31,38,42,45,49,52,63H,21-22,24,26,29H2,1-9H3,(H,60,67)(H,61,66)/t31-,38+,42-,45?,49+,52?/m0/s1. The highest BCUT2D eigenvalue weighted by Gasteiger charge is 2.63. The molecule has 3 heterocycles. The molecule has 4 atom stereocenters. The number of amides is 3. The summed E-state index contributed by atoms with van der Waals surface area (Å²) in [6.45, 7) is 17.5. The minimum Gasteiger partial charge on any atom is -0.489 e. The van der Waals surface area contributed by atoms with Crippen LogP contribution in [0.4, 0.5) is 0 Å². The third-order valence-electron chi connectivity index (χ3n) is 13.9. The van der Waals surface area contributed by atoms with Crippen LogP contribution in [-0.2, 0) is 14.4 Å². The maximum atomic E-state index is 14.2. The smallest absolute Gasteiger partial charge is 0.246 e. The number of benzene rings is 3. The van der Waals surface area contributed by atoms with E-state index < -0.39 is 41.3 Å². The molecule has 1 aliphatic heterocycles. The van der Waals surface area contributed by atoms with Crippen molar-refractivity contribution < 1.29 is 38.6 Å². The molecule has 0 radical (unpaired) electrons. The Morgan fingerprint density at radius 3 is 2.15 bits per heavy atom. The van der Waals surface area contributed by atoms with Crippen LogP contribution in [0, 0.1) is 40.4 Å². The predicted molar refractivity (Wildman–Crippen MR) is 271 cm³/mol. The van der Waals surface area contributed by atoms with Gasteiger partial charge in [-0.3, -0.25) is 24.0 Å². The number of rotatable bonds is 17. The number of hydrogen-bond acceptors (Lipinski definition) is 12. The summed E-state index contributed by atoms with van der Waals surface area (Å²) in [4.78, 5) is 79.1. The molecule has 0 unspecified atom stereocenters. The fourth-order valence-electron chi connectivity index (χ4n) is 10.2. The van der Waals surface area contributed by atoms with E-state index in [4.69, 9.17) is 21.1 Å². The number of ether oxygens (including phenoxy) is 2. The second-order valence-corrected chi connectivity index (χ2v) is 22.2. The number of nitrogens with one attached hydrogen (secondary N) is 2. The van der Waals surface area contributed by atoms with Crippen molar-refractivity contribution in [2.24, 2.45) is 22.2 Å². The van der Waals surface area contributed by atoms with E-state index in [0.29, 0.717) is 39.6 Å². The lowest BCUT2D eigenvalue weighted by atomic mass is 9.44. The molecular formula is C55H61ClN6O8S. The zero-order valence-electron chi connectivity index (χ0n) is 41.5. The normalized spacial score (nSPS) is 19.9. The van der Waals surface area contributed by atoms with Crippen LogP contribution in [-0.4, -0.2) is 80.1 Å². The molecule has 1 saturated carbocycles. The first-order valence-corrected chi connectivity index (χ1v) is 25.0. The summed E-state index contributed by atoms with van der Waals surface area (Å²) in [7, 11) is 0. The average molecular weight is 1000 g/mol. The molecule has 71 heavy (non-hydrogen) atoms. The van der Waals surface area contributed by atoms with Crippen molar-refractivity contribution in [3.63, 3.8) is 0 Å². The van der Waals surface area contributed by atoms with Gasteiger partial charge in [0.1, 0.15) is 35.8 Å². The van der Waals surface area contributed by atoms with Crippen molar-refractivity contribution in [3.8, 4) is 33.9 Å². The van der Waals surface area contributed by atoms with Crippen LogP contribution in [0.3, 0.4) is 0 Å². The lowest BCUT2D eigenvalue weighted by Crippen LogP contribution is -2.66. The van der Waals surface area contributed by atoms with Crippen LogP contribution in [0.2, 0.25) is 5.02 Å². The van der Waals surface area contributed by atoms with E-state index in [2.05, 4.69) is 54.4 Å². The van der Waals surface area contributed by atoms with Crippen LogP contribution in [0.25, 0.3) is 10.4 Å². The molecule has 2 fully saturated rings. The molecule has 0 bridgehead atoms.